The van der Waals surface area contributed by atoms with Gasteiger partial charge in [0.15, 0.2) is 0 Å². The number of hydrogen-bond acceptors (Lipinski definition) is 4. The molecule has 0 unspecified atom stereocenters. The normalized spacial score (nSPS) is 16.2. The van der Waals surface area contributed by atoms with Crippen molar-refractivity contribution in [1.82, 2.24) is 10.2 Å². The van der Waals surface area contributed by atoms with Gasteiger partial charge in [0.05, 0.1) is 0 Å². The zero-order chi connectivity index (χ0) is 19.3. The molecule has 0 radical (unpaired) electrons. The Balaban J connectivity index is 2.75. The number of nitrogens with zero attached hydrogens (tertiary/aromatic N) is 1. The zero-order valence-electron chi connectivity index (χ0n) is 14.7. The third-order valence-corrected chi connectivity index (χ3v) is 3.71. The van der Waals surface area contributed by atoms with Crippen molar-refractivity contribution in [3.63, 3.8) is 0 Å². The molecule has 0 aromatic carbocycles. The van der Waals surface area contributed by atoms with Crippen LogP contribution in [0.4, 0.5) is 18.0 Å². The van der Waals surface area contributed by atoms with Crippen molar-refractivity contribution < 1.29 is 32.3 Å². The van der Waals surface area contributed by atoms with E-state index in [-0.39, 0.29) is 12.5 Å². The molecule has 0 saturated heterocycles. The van der Waals surface area contributed by atoms with Gasteiger partial charge >= 0.3 is 18.2 Å². The van der Waals surface area contributed by atoms with Gasteiger partial charge in [0.1, 0.15) is 5.60 Å². The third-order valence-electron chi connectivity index (χ3n) is 3.71. The van der Waals surface area contributed by atoms with E-state index in [1.54, 1.807) is 26.1 Å². The van der Waals surface area contributed by atoms with Crippen LogP contribution in [0.3, 0.4) is 0 Å². The lowest BCUT2D eigenvalue weighted by atomic mass is 9.88. The van der Waals surface area contributed by atoms with E-state index < -0.39 is 36.2 Å². The van der Waals surface area contributed by atoms with Crippen LogP contribution < -0.4 is 5.32 Å². The number of imide groups is 1. The number of nitrogens with one attached hydrogen (secondary N) is 1. The molecule has 1 saturated carbocycles. The average molecular weight is 366 g/mol. The molecule has 25 heavy (non-hydrogen) atoms. The monoisotopic (exact) mass is 366 g/mol. The molecule has 3 amide bonds. The second-order valence-corrected chi connectivity index (χ2v) is 7.06. The molecule has 1 aliphatic rings. The fourth-order valence-electron chi connectivity index (χ4n) is 2.56. The Morgan fingerprint density at radius 3 is 2.12 bits per heavy atom. The number of carbonyl (C=O) groups is 3. The Bertz CT molecular complexity index is 495. The van der Waals surface area contributed by atoms with E-state index >= 15 is 0 Å². The molecule has 0 aromatic heterocycles. The molecule has 0 aliphatic heterocycles. The van der Waals surface area contributed by atoms with Crippen molar-refractivity contribution in [3.8, 4) is 0 Å². The highest BCUT2D eigenvalue weighted by molar-refractivity contribution is 5.93. The topological polar surface area (TPSA) is 75.7 Å². The highest BCUT2D eigenvalue weighted by atomic mass is 19.4. The van der Waals surface area contributed by atoms with Crippen LogP contribution in [-0.4, -0.2) is 47.7 Å². The minimum atomic E-state index is -5.01. The van der Waals surface area contributed by atoms with E-state index in [2.05, 4.69) is 0 Å². The van der Waals surface area contributed by atoms with Gasteiger partial charge in [-0.15, -0.1) is 0 Å². The van der Waals surface area contributed by atoms with Gasteiger partial charge in [-0.1, -0.05) is 19.3 Å². The molecule has 1 N–H and O–H groups in total. The number of rotatable bonds is 4. The lowest BCUT2D eigenvalue weighted by Gasteiger charge is -2.30. The number of carbonyl (C=O) groups excluding carboxylic acids is 3. The Hall–Kier alpha value is -1.80. The van der Waals surface area contributed by atoms with Gasteiger partial charge in [0.2, 0.25) is 5.91 Å². The van der Waals surface area contributed by atoms with Gasteiger partial charge < -0.3 is 10.1 Å². The Morgan fingerprint density at radius 2 is 1.64 bits per heavy atom. The first-order valence-corrected chi connectivity index (χ1v) is 8.31. The van der Waals surface area contributed by atoms with Gasteiger partial charge in [-0.2, -0.15) is 13.2 Å². The molecular weight excluding hydrogens is 341 g/mol. The van der Waals surface area contributed by atoms with Crippen LogP contribution in [0.2, 0.25) is 0 Å². The minimum absolute atomic E-state index is 0.348. The first kappa shape index (κ1) is 21.2. The van der Waals surface area contributed by atoms with Gasteiger partial charge in [-0.05, 0) is 33.6 Å². The van der Waals surface area contributed by atoms with Gasteiger partial charge in [0, 0.05) is 19.0 Å². The summed E-state index contributed by atoms with van der Waals surface area (Å²) >= 11 is 0. The van der Waals surface area contributed by atoms with Gasteiger partial charge in [-0.3, -0.25) is 9.59 Å². The molecule has 9 heteroatoms. The second-order valence-electron chi connectivity index (χ2n) is 7.06. The van der Waals surface area contributed by atoms with Crippen LogP contribution in [0.1, 0.15) is 52.9 Å². The summed E-state index contributed by atoms with van der Waals surface area (Å²) < 4.78 is 41.8. The second kappa shape index (κ2) is 8.53. The predicted molar refractivity (Wildman–Crippen MR) is 83.6 cm³/mol. The Kier molecular flexibility index (Phi) is 7.25. The zero-order valence-corrected chi connectivity index (χ0v) is 14.7. The van der Waals surface area contributed by atoms with E-state index in [1.807, 2.05) is 0 Å². The number of amides is 3. The van der Waals surface area contributed by atoms with Crippen LogP contribution in [0.25, 0.3) is 0 Å². The van der Waals surface area contributed by atoms with Crippen LogP contribution in [0.5, 0.6) is 0 Å². The molecule has 0 spiro atoms. The fourth-order valence-corrected chi connectivity index (χ4v) is 2.56. The molecule has 1 rings (SSSR count). The Labute approximate surface area is 145 Å². The maximum Gasteiger partial charge on any atom is 0.471 e. The van der Waals surface area contributed by atoms with Crippen molar-refractivity contribution in [2.24, 2.45) is 5.92 Å². The quantitative estimate of drug-likeness (QED) is 0.830. The summed E-state index contributed by atoms with van der Waals surface area (Å²) in [7, 11) is 0. The maximum atomic E-state index is 12.6. The predicted octanol–water partition coefficient (Wildman–Crippen LogP) is 3.01. The summed E-state index contributed by atoms with van der Waals surface area (Å²) in [6.45, 7) is 4.01. The van der Waals surface area contributed by atoms with E-state index in [4.69, 9.17) is 4.74 Å². The number of halogens is 3. The van der Waals surface area contributed by atoms with E-state index in [9.17, 15) is 27.6 Å². The molecule has 0 bridgehead atoms. The molecule has 6 nitrogen and oxygen atoms in total. The number of alkyl halides is 3. The summed E-state index contributed by atoms with van der Waals surface area (Å²) in [6, 6.07) is 0. The van der Waals surface area contributed by atoms with Crippen molar-refractivity contribution in [3.05, 3.63) is 0 Å². The molecule has 0 heterocycles. The summed E-state index contributed by atoms with van der Waals surface area (Å²) in [5, 5.41) is 1.66. The maximum absolute atomic E-state index is 12.6. The summed E-state index contributed by atoms with van der Waals surface area (Å²) in [6.07, 6.45) is -1.92. The highest BCUT2D eigenvalue weighted by Crippen LogP contribution is 2.26. The third kappa shape index (κ3) is 7.31. The number of ether oxygens (including phenoxy) is 1. The average Bonchev–Trinajstić information content (AvgIpc) is 2.48. The van der Waals surface area contributed by atoms with Crippen LogP contribution in [-0.2, 0) is 14.3 Å². The van der Waals surface area contributed by atoms with Crippen LogP contribution >= 0.6 is 0 Å². The summed E-state index contributed by atoms with van der Waals surface area (Å²) in [4.78, 5) is 36.5. The Morgan fingerprint density at radius 1 is 1.08 bits per heavy atom. The molecule has 144 valence electrons. The molecule has 0 atom stereocenters. The number of hydrogen-bond donors (Lipinski definition) is 1. The van der Waals surface area contributed by atoms with Gasteiger partial charge in [-0.25, -0.2) is 9.69 Å². The fraction of sp³-hybridized carbons (Fsp3) is 0.812. The van der Waals surface area contributed by atoms with Crippen molar-refractivity contribution >= 4 is 17.9 Å². The highest BCUT2D eigenvalue weighted by Gasteiger charge is 2.39. The molecule has 1 aliphatic carbocycles. The molecule has 1 fully saturated rings. The standard InChI is InChI=1S/C16H25F3N2O4/c1-15(2,3)25-14(24)21(10-9-20-13(23)16(17,18)19)12(22)11-7-5-4-6-8-11/h11H,4-10H2,1-3H3,(H,20,23). The first-order valence-electron chi connectivity index (χ1n) is 8.31. The van der Waals surface area contributed by atoms with Crippen molar-refractivity contribution in [1.29, 1.82) is 0 Å². The minimum Gasteiger partial charge on any atom is -0.443 e. The van der Waals surface area contributed by atoms with Crippen LogP contribution in [0, 0.1) is 5.92 Å². The largest absolute Gasteiger partial charge is 0.471 e. The van der Waals surface area contributed by atoms with E-state index in [1.165, 1.54) is 0 Å². The smallest absolute Gasteiger partial charge is 0.443 e. The van der Waals surface area contributed by atoms with E-state index in [0.29, 0.717) is 12.8 Å². The molecule has 0 aromatic rings. The lowest BCUT2D eigenvalue weighted by Crippen LogP contribution is -2.48. The van der Waals surface area contributed by atoms with Crippen LogP contribution in [0.15, 0.2) is 0 Å². The van der Waals surface area contributed by atoms with E-state index in [0.717, 1.165) is 24.2 Å². The molecular formula is C16H25F3N2O4. The summed E-state index contributed by atoms with van der Waals surface area (Å²) in [5.74, 6) is -2.92. The first-order chi connectivity index (χ1) is 11.4. The summed E-state index contributed by atoms with van der Waals surface area (Å²) in [5.41, 5.74) is -0.850. The lowest BCUT2D eigenvalue weighted by molar-refractivity contribution is -0.173. The SMILES string of the molecule is CC(C)(C)OC(=O)N(CCNC(=O)C(F)(F)F)C(=O)C1CCCCC1. The van der Waals surface area contributed by atoms with Crippen molar-refractivity contribution in [2.45, 2.75) is 64.7 Å². The van der Waals surface area contributed by atoms with Crippen molar-refractivity contribution in [2.75, 3.05) is 13.1 Å². The van der Waals surface area contributed by atoms with Gasteiger partial charge in [0.25, 0.3) is 0 Å².